The van der Waals surface area contributed by atoms with E-state index in [1.807, 2.05) is 18.2 Å². The fourth-order valence-corrected chi connectivity index (χ4v) is 2.74. The summed E-state index contributed by atoms with van der Waals surface area (Å²) >= 11 is 3.40. The molecule has 1 rings (SSSR count). The molecule has 0 atom stereocenters. The Morgan fingerprint density at radius 1 is 1.37 bits per heavy atom. The zero-order chi connectivity index (χ0) is 14.4. The number of halogens is 1. The van der Waals surface area contributed by atoms with Gasteiger partial charge < -0.3 is 10.0 Å². The number of anilines is 1. The standard InChI is InChI=1S/C15H22BrNO2/c1-4-13(5-2)17(8-9-18)15-7-6-12(16)10-14(15)11(3)19/h6-7,10,13,18H,4-5,8-9H2,1-3H3. The molecular formula is C15H22BrNO2. The first-order chi connectivity index (χ1) is 9.04. The average Bonchev–Trinajstić information content (AvgIpc) is 2.39. The van der Waals surface area contributed by atoms with Crippen molar-refractivity contribution < 1.29 is 9.90 Å². The summed E-state index contributed by atoms with van der Waals surface area (Å²) in [5.41, 5.74) is 1.62. The van der Waals surface area contributed by atoms with E-state index in [4.69, 9.17) is 0 Å². The minimum absolute atomic E-state index is 0.0465. The molecule has 0 aliphatic heterocycles. The smallest absolute Gasteiger partial charge is 0.161 e. The first-order valence-electron chi connectivity index (χ1n) is 6.73. The lowest BCUT2D eigenvalue weighted by Crippen LogP contribution is -2.37. The highest BCUT2D eigenvalue weighted by Crippen LogP contribution is 2.28. The summed E-state index contributed by atoms with van der Waals surface area (Å²) in [6, 6.07) is 6.08. The first-order valence-corrected chi connectivity index (χ1v) is 7.52. The third-order valence-corrected chi connectivity index (χ3v) is 3.86. The molecule has 1 aromatic carbocycles. The Morgan fingerprint density at radius 2 is 2.00 bits per heavy atom. The van der Waals surface area contributed by atoms with Crippen LogP contribution in [0.4, 0.5) is 5.69 Å². The number of carbonyl (C=O) groups excluding carboxylic acids is 1. The number of ketones is 1. The summed E-state index contributed by atoms with van der Waals surface area (Å²) < 4.78 is 0.898. The van der Waals surface area contributed by atoms with Crippen LogP contribution in [0.25, 0.3) is 0 Å². The minimum Gasteiger partial charge on any atom is -0.395 e. The van der Waals surface area contributed by atoms with E-state index in [-0.39, 0.29) is 12.4 Å². The summed E-state index contributed by atoms with van der Waals surface area (Å²) in [5, 5.41) is 9.29. The van der Waals surface area contributed by atoms with Gasteiger partial charge in [-0.3, -0.25) is 4.79 Å². The molecule has 0 amide bonds. The SMILES string of the molecule is CCC(CC)N(CCO)c1ccc(Br)cc1C(C)=O. The first kappa shape index (κ1) is 16.2. The van der Waals surface area contributed by atoms with E-state index in [9.17, 15) is 9.90 Å². The molecule has 0 aromatic heterocycles. The Kier molecular flexibility index (Phi) is 6.52. The van der Waals surface area contributed by atoms with Gasteiger partial charge in [0.05, 0.1) is 6.61 Å². The van der Waals surface area contributed by atoms with Crippen LogP contribution in [0.2, 0.25) is 0 Å². The predicted molar refractivity (Wildman–Crippen MR) is 82.9 cm³/mol. The van der Waals surface area contributed by atoms with E-state index in [0.717, 1.165) is 23.0 Å². The maximum Gasteiger partial charge on any atom is 0.161 e. The predicted octanol–water partition coefficient (Wildman–Crippen LogP) is 3.64. The van der Waals surface area contributed by atoms with E-state index in [2.05, 4.69) is 34.7 Å². The molecule has 0 radical (unpaired) electrons. The number of hydrogen-bond acceptors (Lipinski definition) is 3. The van der Waals surface area contributed by atoms with Crippen LogP contribution in [0.1, 0.15) is 44.0 Å². The largest absolute Gasteiger partial charge is 0.395 e. The second kappa shape index (κ2) is 7.65. The van der Waals surface area contributed by atoms with Gasteiger partial charge in [-0.15, -0.1) is 0 Å². The second-order valence-electron chi connectivity index (χ2n) is 4.60. The lowest BCUT2D eigenvalue weighted by molar-refractivity contribution is 0.101. The van der Waals surface area contributed by atoms with Gasteiger partial charge in [-0.05, 0) is 38.0 Å². The molecule has 1 aromatic rings. The number of aliphatic hydroxyl groups excluding tert-OH is 1. The number of nitrogens with zero attached hydrogens (tertiary/aromatic N) is 1. The number of Topliss-reactive ketones (excluding diaryl/α,β-unsaturated/α-hetero) is 1. The molecule has 0 saturated heterocycles. The monoisotopic (exact) mass is 327 g/mol. The molecule has 0 unspecified atom stereocenters. The van der Waals surface area contributed by atoms with E-state index < -0.39 is 0 Å². The molecule has 0 aliphatic carbocycles. The van der Waals surface area contributed by atoms with E-state index in [1.54, 1.807) is 6.92 Å². The second-order valence-corrected chi connectivity index (χ2v) is 5.52. The molecule has 1 N–H and O–H groups in total. The van der Waals surface area contributed by atoms with Crippen LogP contribution in [0, 0.1) is 0 Å². The van der Waals surface area contributed by atoms with Crippen molar-refractivity contribution in [2.75, 3.05) is 18.1 Å². The lowest BCUT2D eigenvalue weighted by atomic mass is 10.0. The van der Waals surface area contributed by atoms with Crippen LogP contribution in [-0.4, -0.2) is 30.1 Å². The molecule has 0 aliphatic rings. The fraction of sp³-hybridized carbons (Fsp3) is 0.533. The van der Waals surface area contributed by atoms with Crippen molar-refractivity contribution in [2.24, 2.45) is 0 Å². The van der Waals surface area contributed by atoms with E-state index >= 15 is 0 Å². The third-order valence-electron chi connectivity index (χ3n) is 3.37. The van der Waals surface area contributed by atoms with Crippen molar-refractivity contribution in [3.05, 3.63) is 28.2 Å². The Hall–Kier alpha value is -0.870. The number of aliphatic hydroxyl groups is 1. The van der Waals surface area contributed by atoms with Crippen molar-refractivity contribution >= 4 is 27.4 Å². The van der Waals surface area contributed by atoms with Crippen LogP contribution in [-0.2, 0) is 0 Å². The van der Waals surface area contributed by atoms with Crippen LogP contribution < -0.4 is 4.90 Å². The van der Waals surface area contributed by atoms with Crippen LogP contribution >= 0.6 is 15.9 Å². The Labute approximate surface area is 123 Å². The fourth-order valence-electron chi connectivity index (χ4n) is 2.38. The van der Waals surface area contributed by atoms with Crippen molar-refractivity contribution in [1.82, 2.24) is 0 Å². The van der Waals surface area contributed by atoms with Gasteiger partial charge in [0.25, 0.3) is 0 Å². The number of rotatable bonds is 7. The number of benzene rings is 1. The normalized spacial score (nSPS) is 10.8. The molecule has 0 spiro atoms. The molecule has 0 fully saturated rings. The number of hydrogen-bond donors (Lipinski definition) is 1. The lowest BCUT2D eigenvalue weighted by Gasteiger charge is -2.33. The highest BCUT2D eigenvalue weighted by Gasteiger charge is 2.19. The summed E-state index contributed by atoms with van der Waals surface area (Å²) in [6.07, 6.45) is 1.98. The summed E-state index contributed by atoms with van der Waals surface area (Å²) in [6.45, 7) is 6.48. The molecule has 0 bridgehead atoms. The summed E-state index contributed by atoms with van der Waals surface area (Å²) in [7, 11) is 0. The van der Waals surface area contributed by atoms with Gasteiger partial charge in [0.2, 0.25) is 0 Å². The molecule has 3 nitrogen and oxygen atoms in total. The minimum atomic E-state index is 0.0465. The van der Waals surface area contributed by atoms with Crippen molar-refractivity contribution in [1.29, 1.82) is 0 Å². The van der Waals surface area contributed by atoms with Gasteiger partial charge in [0, 0.05) is 28.3 Å². The zero-order valence-corrected chi connectivity index (χ0v) is 13.4. The van der Waals surface area contributed by atoms with Crippen molar-refractivity contribution in [3.8, 4) is 0 Å². The van der Waals surface area contributed by atoms with Crippen LogP contribution in [0.5, 0.6) is 0 Å². The molecule has 0 saturated carbocycles. The van der Waals surface area contributed by atoms with Gasteiger partial charge in [-0.2, -0.15) is 0 Å². The Balaban J connectivity index is 3.25. The van der Waals surface area contributed by atoms with Gasteiger partial charge in [-0.1, -0.05) is 29.8 Å². The molecule has 4 heteroatoms. The molecule has 0 heterocycles. The third kappa shape index (κ3) is 4.05. The van der Waals surface area contributed by atoms with Gasteiger partial charge in [0.15, 0.2) is 5.78 Å². The van der Waals surface area contributed by atoms with E-state index in [0.29, 0.717) is 18.2 Å². The van der Waals surface area contributed by atoms with Gasteiger partial charge in [-0.25, -0.2) is 0 Å². The maximum atomic E-state index is 11.8. The van der Waals surface area contributed by atoms with E-state index in [1.165, 1.54) is 0 Å². The molecule has 106 valence electrons. The Bertz CT molecular complexity index is 430. The summed E-state index contributed by atoms with van der Waals surface area (Å²) in [4.78, 5) is 14.0. The average molecular weight is 328 g/mol. The van der Waals surface area contributed by atoms with Crippen LogP contribution in [0.15, 0.2) is 22.7 Å². The van der Waals surface area contributed by atoms with Gasteiger partial charge in [0.1, 0.15) is 0 Å². The topological polar surface area (TPSA) is 40.5 Å². The van der Waals surface area contributed by atoms with Gasteiger partial charge >= 0.3 is 0 Å². The quantitative estimate of drug-likeness (QED) is 0.777. The Morgan fingerprint density at radius 3 is 2.47 bits per heavy atom. The summed E-state index contributed by atoms with van der Waals surface area (Å²) in [5.74, 6) is 0.0465. The maximum absolute atomic E-state index is 11.8. The highest BCUT2D eigenvalue weighted by atomic mass is 79.9. The van der Waals surface area contributed by atoms with Crippen molar-refractivity contribution in [2.45, 2.75) is 39.7 Å². The van der Waals surface area contributed by atoms with Crippen molar-refractivity contribution in [3.63, 3.8) is 0 Å². The van der Waals surface area contributed by atoms with Crippen LogP contribution in [0.3, 0.4) is 0 Å². The molecule has 19 heavy (non-hydrogen) atoms. The molecular weight excluding hydrogens is 306 g/mol. The number of carbonyl (C=O) groups is 1. The zero-order valence-electron chi connectivity index (χ0n) is 11.8. The highest BCUT2D eigenvalue weighted by molar-refractivity contribution is 9.10.